The van der Waals surface area contributed by atoms with Gasteiger partial charge in [-0.25, -0.2) is 0 Å². The highest BCUT2D eigenvalue weighted by Crippen LogP contribution is 2.32. The van der Waals surface area contributed by atoms with Gasteiger partial charge in [0.2, 0.25) is 0 Å². The fourth-order valence-electron chi connectivity index (χ4n) is 1.73. The average Bonchev–Trinajstić information content (AvgIpc) is 2.86. The third kappa shape index (κ3) is 2.84. The molecule has 0 aliphatic carbocycles. The van der Waals surface area contributed by atoms with Gasteiger partial charge in [-0.05, 0) is 17.7 Å². The molecule has 0 bridgehead atoms. The fraction of sp³-hybridized carbons (Fsp3) is 0.250. The second-order valence-electron chi connectivity index (χ2n) is 3.74. The smallest absolute Gasteiger partial charge is 0.0978 e. The van der Waals surface area contributed by atoms with Crippen molar-refractivity contribution in [3.8, 4) is 0 Å². The zero-order chi connectivity index (χ0) is 12.3. The molecule has 2 aromatic rings. The van der Waals surface area contributed by atoms with Crippen LogP contribution in [0.1, 0.15) is 22.5 Å². The summed E-state index contributed by atoms with van der Waals surface area (Å²) in [4.78, 5) is 4.79. The van der Waals surface area contributed by atoms with Gasteiger partial charge in [0, 0.05) is 23.7 Å². The summed E-state index contributed by atoms with van der Waals surface area (Å²) in [5.41, 5.74) is 8.43. The van der Waals surface area contributed by atoms with Crippen LogP contribution in [0.4, 0.5) is 0 Å². The summed E-state index contributed by atoms with van der Waals surface area (Å²) in [6, 6.07) is 7.39. The minimum Gasteiger partial charge on any atom is -0.387 e. The van der Waals surface area contributed by atoms with Crippen LogP contribution in [0.15, 0.2) is 36.0 Å². The van der Waals surface area contributed by atoms with Crippen LogP contribution in [0.25, 0.3) is 0 Å². The summed E-state index contributed by atoms with van der Waals surface area (Å²) in [7, 11) is 0. The molecule has 5 heteroatoms. The molecular weight excluding hydrogens is 256 g/mol. The molecule has 17 heavy (non-hydrogen) atoms. The van der Waals surface area contributed by atoms with Gasteiger partial charge in [0.15, 0.2) is 0 Å². The summed E-state index contributed by atoms with van der Waals surface area (Å²) < 4.78 is 0. The number of halogens is 1. The van der Waals surface area contributed by atoms with Crippen LogP contribution in [-0.4, -0.2) is 16.6 Å². The van der Waals surface area contributed by atoms with Crippen LogP contribution in [0, 0.1) is 0 Å². The minimum absolute atomic E-state index is 0.132. The van der Waals surface area contributed by atoms with E-state index >= 15 is 0 Å². The Morgan fingerprint density at radius 3 is 2.59 bits per heavy atom. The molecule has 0 radical (unpaired) electrons. The van der Waals surface area contributed by atoms with Crippen molar-refractivity contribution in [2.75, 3.05) is 6.54 Å². The lowest BCUT2D eigenvalue weighted by Gasteiger charge is -2.20. The van der Waals surface area contributed by atoms with Crippen molar-refractivity contribution in [2.24, 2.45) is 5.73 Å². The van der Waals surface area contributed by atoms with Gasteiger partial charge in [0.1, 0.15) is 0 Å². The Hall–Kier alpha value is -0.940. The fourth-order valence-corrected chi connectivity index (χ4v) is 2.52. The molecule has 0 aliphatic rings. The average molecular weight is 269 g/mol. The number of benzene rings is 1. The first kappa shape index (κ1) is 12.5. The summed E-state index contributed by atoms with van der Waals surface area (Å²) in [6.45, 7) is 0.376. The van der Waals surface area contributed by atoms with Gasteiger partial charge in [-0.3, -0.25) is 4.98 Å². The predicted molar refractivity (Wildman–Crippen MR) is 70.3 cm³/mol. The van der Waals surface area contributed by atoms with Gasteiger partial charge in [0.05, 0.1) is 16.5 Å². The lowest BCUT2D eigenvalue weighted by Crippen LogP contribution is -2.19. The number of hydrogen-bond acceptors (Lipinski definition) is 4. The zero-order valence-electron chi connectivity index (χ0n) is 9.08. The van der Waals surface area contributed by atoms with Crippen molar-refractivity contribution in [1.29, 1.82) is 0 Å². The molecule has 2 unspecified atom stereocenters. The van der Waals surface area contributed by atoms with Crippen molar-refractivity contribution >= 4 is 22.9 Å². The first-order chi connectivity index (χ1) is 8.22. The quantitative estimate of drug-likeness (QED) is 0.896. The van der Waals surface area contributed by atoms with Gasteiger partial charge >= 0.3 is 0 Å². The number of nitrogens with zero attached hydrogens (tertiary/aromatic N) is 1. The van der Waals surface area contributed by atoms with E-state index < -0.39 is 6.10 Å². The molecule has 0 saturated heterocycles. The lowest BCUT2D eigenvalue weighted by molar-refractivity contribution is 0.151. The molecule has 3 nitrogen and oxygen atoms in total. The molecule has 0 amide bonds. The summed E-state index contributed by atoms with van der Waals surface area (Å²) in [6.07, 6.45) is 1.06. The second kappa shape index (κ2) is 5.60. The van der Waals surface area contributed by atoms with Crippen molar-refractivity contribution in [3.05, 3.63) is 51.4 Å². The minimum atomic E-state index is -0.617. The van der Waals surface area contributed by atoms with Gasteiger partial charge in [-0.2, -0.15) is 0 Å². The Balaban J connectivity index is 2.24. The van der Waals surface area contributed by atoms with Crippen molar-refractivity contribution < 1.29 is 5.11 Å². The molecule has 2 atom stereocenters. The zero-order valence-corrected chi connectivity index (χ0v) is 10.7. The van der Waals surface area contributed by atoms with Crippen LogP contribution in [-0.2, 0) is 0 Å². The van der Waals surface area contributed by atoms with Gasteiger partial charge in [-0.15, -0.1) is 11.3 Å². The third-order valence-electron chi connectivity index (χ3n) is 2.68. The normalized spacial score (nSPS) is 14.5. The predicted octanol–water partition coefficient (Wildman–Crippen LogP) is 2.57. The first-order valence-corrected chi connectivity index (χ1v) is 6.50. The lowest BCUT2D eigenvalue weighted by atomic mass is 9.93. The number of rotatable bonds is 4. The van der Waals surface area contributed by atoms with Crippen LogP contribution < -0.4 is 5.73 Å². The maximum atomic E-state index is 10.2. The Morgan fingerprint density at radius 2 is 2.06 bits per heavy atom. The summed E-state index contributed by atoms with van der Waals surface area (Å²) in [5, 5.41) is 10.9. The molecule has 3 N–H and O–H groups in total. The summed E-state index contributed by atoms with van der Waals surface area (Å²) in [5.74, 6) is -0.132. The SMILES string of the molecule is NCC(c1ccc(Cl)cc1)C(O)c1cncs1. The van der Waals surface area contributed by atoms with E-state index in [4.69, 9.17) is 17.3 Å². The van der Waals surface area contributed by atoms with E-state index in [0.717, 1.165) is 10.4 Å². The van der Waals surface area contributed by atoms with Gasteiger partial charge in [0.25, 0.3) is 0 Å². The van der Waals surface area contributed by atoms with Crippen LogP contribution >= 0.6 is 22.9 Å². The number of aromatic nitrogens is 1. The number of hydrogen-bond donors (Lipinski definition) is 2. The molecule has 0 aliphatic heterocycles. The highest BCUT2D eigenvalue weighted by atomic mass is 35.5. The Kier molecular flexibility index (Phi) is 4.12. The molecule has 1 heterocycles. The van der Waals surface area contributed by atoms with Crippen LogP contribution in [0.2, 0.25) is 5.02 Å². The highest BCUT2D eigenvalue weighted by molar-refractivity contribution is 7.09. The molecule has 0 fully saturated rings. The summed E-state index contributed by atoms with van der Waals surface area (Å²) >= 11 is 7.27. The maximum Gasteiger partial charge on any atom is 0.0978 e. The Morgan fingerprint density at radius 1 is 1.35 bits per heavy atom. The van der Waals surface area contributed by atoms with E-state index in [1.165, 1.54) is 11.3 Å². The Bertz CT molecular complexity index is 458. The Labute approximate surface area is 109 Å². The molecule has 1 aromatic carbocycles. The van der Waals surface area contributed by atoms with Gasteiger partial charge in [-0.1, -0.05) is 23.7 Å². The third-order valence-corrected chi connectivity index (χ3v) is 3.77. The van der Waals surface area contributed by atoms with E-state index in [2.05, 4.69) is 4.98 Å². The molecule has 0 spiro atoms. The largest absolute Gasteiger partial charge is 0.387 e. The molecule has 2 rings (SSSR count). The van der Waals surface area contributed by atoms with E-state index in [1.54, 1.807) is 23.8 Å². The topological polar surface area (TPSA) is 59.1 Å². The van der Waals surface area contributed by atoms with Crippen LogP contribution in [0.3, 0.4) is 0 Å². The molecule has 1 aromatic heterocycles. The monoisotopic (exact) mass is 268 g/mol. The second-order valence-corrected chi connectivity index (χ2v) is 5.10. The number of aliphatic hydroxyl groups is 1. The highest BCUT2D eigenvalue weighted by Gasteiger charge is 2.22. The molecule has 0 saturated carbocycles. The van der Waals surface area contributed by atoms with Gasteiger partial charge < -0.3 is 10.8 Å². The maximum absolute atomic E-state index is 10.2. The molecule has 90 valence electrons. The van der Waals surface area contributed by atoms with E-state index in [0.29, 0.717) is 11.6 Å². The van der Waals surface area contributed by atoms with Crippen molar-refractivity contribution in [2.45, 2.75) is 12.0 Å². The molecular formula is C12H13ClN2OS. The number of nitrogens with two attached hydrogens (primary N) is 1. The van der Waals surface area contributed by atoms with Crippen molar-refractivity contribution in [1.82, 2.24) is 4.98 Å². The number of aliphatic hydroxyl groups excluding tert-OH is 1. The first-order valence-electron chi connectivity index (χ1n) is 5.24. The number of thiazole rings is 1. The van der Waals surface area contributed by atoms with Crippen LogP contribution in [0.5, 0.6) is 0 Å². The van der Waals surface area contributed by atoms with Crippen molar-refractivity contribution in [3.63, 3.8) is 0 Å². The van der Waals surface area contributed by atoms with E-state index in [9.17, 15) is 5.11 Å². The standard InChI is InChI=1S/C12H13ClN2OS/c13-9-3-1-8(2-4-9)10(5-14)12(16)11-6-15-7-17-11/h1-4,6-7,10,12,16H,5,14H2. The van der Waals surface area contributed by atoms with E-state index in [1.807, 2.05) is 12.1 Å². The van der Waals surface area contributed by atoms with E-state index in [-0.39, 0.29) is 5.92 Å².